The first-order chi connectivity index (χ1) is 65.3. The monoisotopic (exact) mass is 1940 g/mol. The Hall–Kier alpha value is -11.8. The molecule has 0 saturated carbocycles. The van der Waals surface area contributed by atoms with E-state index in [9.17, 15) is 33.7 Å². The summed E-state index contributed by atoms with van der Waals surface area (Å²) in [5.41, 5.74) is 8.51. The van der Waals surface area contributed by atoms with Crippen LogP contribution in [0.1, 0.15) is 119 Å². The molecule has 4 fully saturated rings. The SMILES string of the molecule is CC[C@H]1OC(=O)[C@@H](OCc2ccccc2)C1OCc1ccccc1.CC[C@H]1O[C@@H](c2ccc(OCc3ccccc3)nc2F)[C@@H](OCc2ccccc2)C1OCc1ccccc1.CC[C@H]1O[C@@](O)(c2ccc(OCc3ccccc3)nc2F)[C@@H](OCc2ccccc2)C1OCc1ccccc1.Fc1nc(OCc2ccccc2)ccc1I.O=c1ccc([C@@H]2O[C@H](CO)C(O)[C@@H]2O)c(F)[nH]1. The molecule has 0 spiro atoms. The van der Waals surface area contributed by atoms with E-state index >= 15 is 8.78 Å². The van der Waals surface area contributed by atoms with Crippen molar-refractivity contribution in [2.24, 2.45) is 0 Å². The van der Waals surface area contributed by atoms with E-state index in [2.05, 4.69) is 15.0 Å². The van der Waals surface area contributed by atoms with Gasteiger partial charge in [-0.25, -0.2) is 4.79 Å². The Morgan fingerprint density at radius 1 is 0.366 bits per heavy atom. The van der Waals surface area contributed by atoms with E-state index in [0.29, 0.717) is 80.5 Å². The number of esters is 1. The Bertz CT molecular complexity index is 5750. The molecule has 28 heteroatoms. The number of aliphatic hydroxyl groups is 4. The number of aliphatic hydroxyl groups excluding tert-OH is 3. The summed E-state index contributed by atoms with van der Waals surface area (Å²) in [6.45, 7) is 8.46. The second-order valence-electron chi connectivity index (χ2n) is 31.7. The highest BCUT2D eigenvalue weighted by atomic mass is 127. The molecule has 4 unspecified atom stereocenters. The number of pyridine rings is 4. The number of hydrogen-bond donors (Lipinski definition) is 5. The number of rotatable bonds is 34. The smallest absolute Gasteiger partial charge is 0.338 e. The minimum atomic E-state index is -2.12. The lowest BCUT2D eigenvalue weighted by Gasteiger charge is -2.31. The van der Waals surface area contributed by atoms with Gasteiger partial charge in [-0.15, -0.1) is 0 Å². The number of nitrogens with one attached hydrogen (secondary N) is 1. The normalized spacial score (nSPS) is 22.0. The van der Waals surface area contributed by atoms with E-state index in [1.807, 2.05) is 321 Å². The third kappa shape index (κ3) is 28.2. The summed E-state index contributed by atoms with van der Waals surface area (Å²) in [6.07, 6.45) is -8.14. The summed E-state index contributed by atoms with van der Waals surface area (Å²) >= 11 is 1.89. The zero-order chi connectivity index (χ0) is 94.0. The molecule has 0 bridgehead atoms. The number of nitrogens with zero attached hydrogens (tertiary/aromatic N) is 3. The lowest BCUT2D eigenvalue weighted by atomic mass is 9.97. The molecule has 134 heavy (non-hydrogen) atoms. The van der Waals surface area contributed by atoms with Gasteiger partial charge >= 0.3 is 5.97 Å². The van der Waals surface area contributed by atoms with Crippen molar-refractivity contribution in [3.63, 3.8) is 0 Å². The Labute approximate surface area is 789 Å². The van der Waals surface area contributed by atoms with Crippen molar-refractivity contribution in [2.75, 3.05) is 6.61 Å². The van der Waals surface area contributed by atoms with Gasteiger partial charge in [0.05, 0.1) is 67.6 Å². The molecular formula is C106H107F4IN4O19. The molecule has 5 N–H and O–H groups in total. The fourth-order valence-corrected chi connectivity index (χ4v) is 15.6. The van der Waals surface area contributed by atoms with Gasteiger partial charge < -0.3 is 82.0 Å². The molecule has 8 heterocycles. The van der Waals surface area contributed by atoms with Crippen molar-refractivity contribution in [3.8, 4) is 17.6 Å². The summed E-state index contributed by atoms with van der Waals surface area (Å²) in [5.74, 6) is -4.77. The van der Waals surface area contributed by atoms with E-state index in [1.165, 1.54) is 18.2 Å². The maximum absolute atomic E-state index is 15.5. The van der Waals surface area contributed by atoms with Crippen LogP contribution in [-0.4, -0.2) is 126 Å². The highest BCUT2D eigenvalue weighted by molar-refractivity contribution is 14.1. The average Bonchev–Trinajstić information content (AvgIpc) is 1.58. The number of carbonyl (C=O) groups excluding carboxylic acids is 1. The molecule has 23 nitrogen and oxygen atoms in total. The summed E-state index contributed by atoms with van der Waals surface area (Å²) < 4.78 is 135. The molecule has 0 aliphatic carbocycles. The predicted octanol–water partition coefficient (Wildman–Crippen LogP) is 18.3. The highest BCUT2D eigenvalue weighted by Crippen LogP contribution is 2.45. The molecular weight excluding hydrogens is 1840 g/mol. The Morgan fingerprint density at radius 2 is 0.724 bits per heavy atom. The van der Waals surface area contributed by atoms with Crippen LogP contribution in [0.2, 0.25) is 0 Å². The molecule has 4 aromatic heterocycles. The van der Waals surface area contributed by atoms with Gasteiger partial charge in [-0.1, -0.05) is 294 Å². The third-order valence-corrected chi connectivity index (χ3v) is 23.1. The highest BCUT2D eigenvalue weighted by Gasteiger charge is 2.58. The van der Waals surface area contributed by atoms with Crippen molar-refractivity contribution in [2.45, 2.75) is 191 Å². The topological polar surface area (TPSA) is 290 Å². The second kappa shape index (κ2) is 51.0. The quantitative estimate of drug-likeness (QED) is 0.0108. The Morgan fingerprint density at radius 3 is 1.12 bits per heavy atom. The predicted molar refractivity (Wildman–Crippen MR) is 499 cm³/mol. The van der Waals surface area contributed by atoms with E-state index in [0.717, 1.165) is 56.1 Å². The van der Waals surface area contributed by atoms with Gasteiger partial charge in [0, 0.05) is 35.4 Å². The van der Waals surface area contributed by atoms with E-state index < -0.39 is 103 Å². The summed E-state index contributed by atoms with van der Waals surface area (Å²) in [5, 5.41) is 40.0. The van der Waals surface area contributed by atoms with Gasteiger partial charge in [-0.2, -0.15) is 32.5 Å². The van der Waals surface area contributed by atoms with Crippen molar-refractivity contribution >= 4 is 28.6 Å². The number of ether oxygens (including phenoxy) is 13. The fourth-order valence-electron chi connectivity index (χ4n) is 15.3. The van der Waals surface area contributed by atoms with E-state index in [4.69, 9.17) is 66.7 Å². The van der Waals surface area contributed by atoms with Crippen LogP contribution in [-0.2, 0) is 117 Å². The summed E-state index contributed by atoms with van der Waals surface area (Å²) in [7, 11) is 0. The molecule has 0 amide bonds. The zero-order valence-corrected chi connectivity index (χ0v) is 76.2. The van der Waals surface area contributed by atoms with Crippen LogP contribution >= 0.6 is 22.6 Å². The van der Waals surface area contributed by atoms with Crippen LogP contribution in [0.3, 0.4) is 0 Å². The number of H-pyrrole nitrogens is 1. The maximum Gasteiger partial charge on any atom is 0.338 e. The van der Waals surface area contributed by atoms with Gasteiger partial charge in [0.1, 0.15) is 87.0 Å². The van der Waals surface area contributed by atoms with Crippen LogP contribution < -0.4 is 19.8 Å². The number of cyclic esters (lactones) is 1. The first kappa shape index (κ1) is 99.7. The number of aromatic nitrogens is 4. The molecule has 17 rings (SSSR count). The lowest BCUT2D eigenvalue weighted by Crippen LogP contribution is -2.44. The summed E-state index contributed by atoms with van der Waals surface area (Å²) in [6, 6.07) is 99.7. The van der Waals surface area contributed by atoms with Crippen LogP contribution in [0.5, 0.6) is 17.6 Å². The minimum absolute atomic E-state index is 0.0629. The van der Waals surface area contributed by atoms with Crippen LogP contribution in [0.25, 0.3) is 0 Å². The van der Waals surface area contributed by atoms with Crippen LogP contribution in [0.4, 0.5) is 17.6 Å². The van der Waals surface area contributed by atoms with Crippen molar-refractivity contribution in [1.82, 2.24) is 19.9 Å². The number of benzene rings is 9. The molecule has 4 saturated heterocycles. The number of hydrogen-bond acceptors (Lipinski definition) is 22. The minimum Gasteiger partial charge on any atom is -0.473 e. The number of halogens is 5. The first-order valence-corrected chi connectivity index (χ1v) is 45.3. The molecule has 700 valence electrons. The average molecular weight is 1940 g/mol. The van der Waals surface area contributed by atoms with Gasteiger partial charge in [-0.3, -0.25) is 9.78 Å². The fraction of sp³-hybridized carbons (Fsp3) is 0.292. The van der Waals surface area contributed by atoms with Crippen molar-refractivity contribution in [3.05, 3.63) is 426 Å². The van der Waals surface area contributed by atoms with Gasteiger partial charge in [-0.05, 0) is 116 Å². The molecule has 15 atom stereocenters. The van der Waals surface area contributed by atoms with Crippen LogP contribution in [0, 0.1) is 27.4 Å². The Kier molecular flexibility index (Phi) is 38.0. The molecule has 4 aliphatic heterocycles. The molecule has 0 radical (unpaired) electrons. The number of carbonyl (C=O) groups is 1. The van der Waals surface area contributed by atoms with Gasteiger partial charge in [0.25, 0.3) is 0 Å². The first-order valence-electron chi connectivity index (χ1n) is 44.2. The van der Waals surface area contributed by atoms with Gasteiger partial charge in [0.2, 0.25) is 46.8 Å². The van der Waals surface area contributed by atoms with Crippen molar-refractivity contribution in [1.29, 1.82) is 0 Å². The largest absolute Gasteiger partial charge is 0.473 e. The van der Waals surface area contributed by atoms with Crippen molar-refractivity contribution < 1.29 is 104 Å². The van der Waals surface area contributed by atoms with E-state index in [-0.39, 0.29) is 66.5 Å². The molecule has 9 aromatic carbocycles. The van der Waals surface area contributed by atoms with E-state index in [1.54, 1.807) is 24.3 Å². The maximum atomic E-state index is 15.5. The zero-order valence-electron chi connectivity index (χ0n) is 74.0. The number of aromatic amines is 1. The lowest BCUT2D eigenvalue weighted by molar-refractivity contribution is -0.251. The van der Waals surface area contributed by atoms with Crippen LogP contribution in [0.15, 0.2) is 326 Å². The van der Waals surface area contributed by atoms with Gasteiger partial charge in [0.15, 0.2) is 12.1 Å². The second-order valence-corrected chi connectivity index (χ2v) is 32.9. The molecule has 13 aromatic rings. The molecule has 4 aliphatic rings. The standard InChI is InChI=1S/C32H32FNO5.C32H32FNO4.C20H22O4.C12H9FINO.C10H12FNO5/c1-2-27-29(37-21-24-14-8-4-9-15-24)30(38-22-25-16-10-5-11-17-25)32(35,39-27)26-18-19-28(34-31(26)33)36-20-23-12-6-3-7-13-23;1-2-27-30(36-21-24-14-8-4-9-15-24)31(37-22-25-16-10-5-11-17-25)29(38-27)26-18-19-28(34-32(26)33)35-20-23-12-6-3-7-13-23;1-2-17-18(22-13-15-9-5-3-6-10-15)19(20(21)24-17)23-14-16-11-7-4-8-12-16;13-12-10(14)6-7-11(15-12)16-8-9-4-2-1-3-5-9;11-10-4(1-2-6(14)12-10)9-8(16)7(15)5(3-13)17-9/h3-19,27,29-30,35H,2,20-22H2,1H3;3-19,27,29-31H,2,20-22H2,1H3;3-12,17-19H,2,13-14H2,1H3;1-7H,8H2;1-2,5,7-9,13,15-16H,3H2,(H,12,14)/t27-,29?,30+,32+;27-,29+,30?,31-;17-,18?,19+;;5-,7?,8+,9+/m111.1/s1. The Balaban J connectivity index is 0.000000149. The third-order valence-electron chi connectivity index (χ3n) is 22.3. The summed E-state index contributed by atoms with van der Waals surface area (Å²) in [4.78, 5) is 36.7.